The number of methoxy groups -OCH3 is 1. The zero-order valence-electron chi connectivity index (χ0n) is 11.5. The predicted octanol–water partition coefficient (Wildman–Crippen LogP) is 3.16. The quantitative estimate of drug-likeness (QED) is 0.847. The highest BCUT2D eigenvalue weighted by molar-refractivity contribution is 5.89. The summed E-state index contributed by atoms with van der Waals surface area (Å²) < 4.78 is 10.8. The molecule has 2 N–H and O–H groups in total. The summed E-state index contributed by atoms with van der Waals surface area (Å²) in [6.45, 7) is 2.49. The number of furan rings is 1. The minimum Gasteiger partial charge on any atom is -0.495 e. The van der Waals surface area contributed by atoms with E-state index >= 15 is 0 Å². The molecule has 0 aliphatic carbocycles. The van der Waals surface area contributed by atoms with E-state index in [-0.39, 0.29) is 5.56 Å². The van der Waals surface area contributed by atoms with Gasteiger partial charge in [-0.1, -0.05) is 6.92 Å². The Kier molecular flexibility index (Phi) is 4.30. The molecule has 0 spiro atoms. The molecule has 0 aliphatic heterocycles. The van der Waals surface area contributed by atoms with Gasteiger partial charge in [-0.3, -0.25) is 0 Å². The van der Waals surface area contributed by atoms with E-state index in [2.05, 4.69) is 5.32 Å². The first-order valence-corrected chi connectivity index (χ1v) is 6.36. The third-order valence-corrected chi connectivity index (χ3v) is 2.97. The van der Waals surface area contributed by atoms with E-state index in [0.29, 0.717) is 18.0 Å². The summed E-state index contributed by atoms with van der Waals surface area (Å²) in [5, 5.41) is 12.1. The minimum absolute atomic E-state index is 0.210. The van der Waals surface area contributed by atoms with Gasteiger partial charge < -0.3 is 19.6 Å². The fourth-order valence-corrected chi connectivity index (χ4v) is 1.87. The standard InChI is InChI=1S/C15H17NO4/c1-3-11-5-6-12(20-11)9-16-13-8-10(15(17)18)4-7-14(13)19-2/h4-8,16H,3,9H2,1-2H3,(H,17,18). The number of nitrogens with one attached hydrogen (secondary N) is 1. The molecular formula is C15H17NO4. The fourth-order valence-electron chi connectivity index (χ4n) is 1.87. The van der Waals surface area contributed by atoms with Gasteiger partial charge in [0.05, 0.1) is 24.9 Å². The summed E-state index contributed by atoms with van der Waals surface area (Å²) in [5.41, 5.74) is 0.837. The molecule has 106 valence electrons. The van der Waals surface area contributed by atoms with Gasteiger partial charge in [-0.25, -0.2) is 4.79 Å². The monoisotopic (exact) mass is 275 g/mol. The molecule has 0 fully saturated rings. The maximum absolute atomic E-state index is 11.0. The summed E-state index contributed by atoms with van der Waals surface area (Å²) in [4.78, 5) is 11.0. The average Bonchev–Trinajstić information content (AvgIpc) is 2.92. The molecule has 0 saturated carbocycles. The van der Waals surface area contributed by atoms with Crippen molar-refractivity contribution in [3.05, 3.63) is 47.4 Å². The van der Waals surface area contributed by atoms with Crippen LogP contribution in [0.4, 0.5) is 5.69 Å². The van der Waals surface area contributed by atoms with Crippen LogP contribution in [0.3, 0.4) is 0 Å². The van der Waals surface area contributed by atoms with Crippen LogP contribution in [0.15, 0.2) is 34.7 Å². The van der Waals surface area contributed by atoms with Crippen LogP contribution < -0.4 is 10.1 Å². The number of hydrogen-bond acceptors (Lipinski definition) is 4. The fraction of sp³-hybridized carbons (Fsp3) is 0.267. The summed E-state index contributed by atoms with van der Waals surface area (Å²) in [6, 6.07) is 8.52. The Morgan fingerprint density at radius 2 is 2.05 bits per heavy atom. The van der Waals surface area contributed by atoms with E-state index in [1.54, 1.807) is 19.2 Å². The number of carbonyl (C=O) groups is 1. The molecule has 0 aliphatic rings. The number of rotatable bonds is 6. The highest BCUT2D eigenvalue weighted by Crippen LogP contribution is 2.26. The number of aromatic carboxylic acids is 1. The molecule has 5 heteroatoms. The zero-order valence-corrected chi connectivity index (χ0v) is 11.5. The van der Waals surface area contributed by atoms with Crippen LogP contribution in [-0.4, -0.2) is 18.2 Å². The lowest BCUT2D eigenvalue weighted by atomic mass is 10.2. The van der Waals surface area contributed by atoms with E-state index in [9.17, 15) is 4.79 Å². The molecule has 0 unspecified atom stereocenters. The number of aryl methyl sites for hydroxylation is 1. The van der Waals surface area contributed by atoms with Crippen molar-refractivity contribution in [3.8, 4) is 5.75 Å². The lowest BCUT2D eigenvalue weighted by Crippen LogP contribution is -2.03. The normalized spacial score (nSPS) is 10.3. The van der Waals surface area contributed by atoms with E-state index < -0.39 is 5.97 Å². The van der Waals surface area contributed by atoms with Crippen LogP contribution in [0, 0.1) is 0 Å². The van der Waals surface area contributed by atoms with Gasteiger partial charge in [0, 0.05) is 6.42 Å². The maximum Gasteiger partial charge on any atom is 0.335 e. The summed E-state index contributed by atoms with van der Waals surface area (Å²) >= 11 is 0. The van der Waals surface area contributed by atoms with Gasteiger partial charge >= 0.3 is 5.97 Å². The van der Waals surface area contributed by atoms with Crippen molar-refractivity contribution < 1.29 is 19.1 Å². The molecule has 0 saturated heterocycles. The summed E-state index contributed by atoms with van der Waals surface area (Å²) in [6.07, 6.45) is 0.845. The topological polar surface area (TPSA) is 71.7 Å². The minimum atomic E-state index is -0.970. The Labute approximate surface area is 117 Å². The second-order valence-corrected chi connectivity index (χ2v) is 4.30. The molecule has 2 rings (SSSR count). The van der Waals surface area contributed by atoms with Gasteiger partial charge in [0.25, 0.3) is 0 Å². The van der Waals surface area contributed by atoms with Crippen molar-refractivity contribution in [2.45, 2.75) is 19.9 Å². The van der Waals surface area contributed by atoms with Crippen molar-refractivity contribution in [3.63, 3.8) is 0 Å². The van der Waals surface area contributed by atoms with Gasteiger partial charge in [0.1, 0.15) is 17.3 Å². The maximum atomic E-state index is 11.0. The first-order valence-electron chi connectivity index (χ1n) is 6.36. The number of anilines is 1. The van der Waals surface area contributed by atoms with Crippen LogP contribution >= 0.6 is 0 Å². The number of carboxylic acids is 1. The van der Waals surface area contributed by atoms with Gasteiger partial charge in [0.15, 0.2) is 0 Å². The Hall–Kier alpha value is -2.43. The van der Waals surface area contributed by atoms with Crippen LogP contribution in [0.5, 0.6) is 5.75 Å². The average molecular weight is 275 g/mol. The van der Waals surface area contributed by atoms with Crippen molar-refractivity contribution >= 4 is 11.7 Å². The molecule has 1 aromatic carbocycles. The summed E-state index contributed by atoms with van der Waals surface area (Å²) in [5.74, 6) is 1.34. The van der Waals surface area contributed by atoms with Crippen molar-refractivity contribution in [2.75, 3.05) is 12.4 Å². The summed E-state index contributed by atoms with van der Waals surface area (Å²) in [7, 11) is 1.54. The second-order valence-electron chi connectivity index (χ2n) is 4.30. The molecule has 0 amide bonds. The Morgan fingerprint density at radius 3 is 2.65 bits per heavy atom. The molecule has 5 nitrogen and oxygen atoms in total. The zero-order chi connectivity index (χ0) is 14.5. The lowest BCUT2D eigenvalue weighted by Gasteiger charge is -2.11. The highest BCUT2D eigenvalue weighted by Gasteiger charge is 2.09. The first kappa shape index (κ1) is 14.0. The van der Waals surface area contributed by atoms with E-state index in [1.165, 1.54) is 6.07 Å². The van der Waals surface area contributed by atoms with Crippen molar-refractivity contribution in [1.82, 2.24) is 0 Å². The van der Waals surface area contributed by atoms with E-state index in [4.69, 9.17) is 14.3 Å². The largest absolute Gasteiger partial charge is 0.495 e. The smallest absolute Gasteiger partial charge is 0.335 e. The molecule has 1 heterocycles. The predicted molar refractivity (Wildman–Crippen MR) is 75.4 cm³/mol. The van der Waals surface area contributed by atoms with Gasteiger partial charge in [-0.2, -0.15) is 0 Å². The van der Waals surface area contributed by atoms with Crippen molar-refractivity contribution in [1.29, 1.82) is 0 Å². The molecular weight excluding hydrogens is 258 g/mol. The molecule has 0 bridgehead atoms. The lowest BCUT2D eigenvalue weighted by molar-refractivity contribution is 0.0697. The number of ether oxygens (including phenoxy) is 1. The van der Waals surface area contributed by atoms with Crippen LogP contribution in [0.25, 0.3) is 0 Å². The Balaban J connectivity index is 2.14. The van der Waals surface area contributed by atoms with Gasteiger partial charge in [-0.05, 0) is 30.3 Å². The van der Waals surface area contributed by atoms with Crippen LogP contribution in [0.1, 0.15) is 28.8 Å². The van der Waals surface area contributed by atoms with Crippen LogP contribution in [-0.2, 0) is 13.0 Å². The Bertz CT molecular complexity index is 604. The highest BCUT2D eigenvalue weighted by atomic mass is 16.5. The second kappa shape index (κ2) is 6.14. The van der Waals surface area contributed by atoms with Gasteiger partial charge in [-0.15, -0.1) is 0 Å². The van der Waals surface area contributed by atoms with E-state index in [1.807, 2.05) is 19.1 Å². The Morgan fingerprint density at radius 1 is 1.30 bits per heavy atom. The molecule has 20 heavy (non-hydrogen) atoms. The van der Waals surface area contributed by atoms with E-state index in [0.717, 1.165) is 17.9 Å². The molecule has 2 aromatic rings. The third-order valence-electron chi connectivity index (χ3n) is 2.97. The molecule has 1 aromatic heterocycles. The number of carboxylic acid groups (broad SMARTS) is 1. The molecule has 0 radical (unpaired) electrons. The van der Waals surface area contributed by atoms with Crippen LogP contribution in [0.2, 0.25) is 0 Å². The van der Waals surface area contributed by atoms with Gasteiger partial charge in [0.2, 0.25) is 0 Å². The number of hydrogen-bond donors (Lipinski definition) is 2. The molecule has 0 atom stereocenters. The first-order chi connectivity index (χ1) is 9.63. The van der Waals surface area contributed by atoms with Crippen molar-refractivity contribution in [2.24, 2.45) is 0 Å². The number of benzene rings is 1. The SMILES string of the molecule is CCc1ccc(CNc2cc(C(=O)O)ccc2OC)o1. The third kappa shape index (κ3) is 3.12.